The van der Waals surface area contributed by atoms with Gasteiger partial charge in [0.15, 0.2) is 0 Å². The molecule has 0 radical (unpaired) electrons. The third-order valence-corrected chi connectivity index (χ3v) is 8.03. The molecular formula is C28H37FN4O4S. The van der Waals surface area contributed by atoms with Crippen molar-refractivity contribution < 1.29 is 19.1 Å². The number of nitrogens with two attached hydrogens (primary N) is 1. The zero-order valence-corrected chi connectivity index (χ0v) is 22.6. The molecule has 1 heterocycles. The molecule has 1 atom stereocenters. The summed E-state index contributed by atoms with van der Waals surface area (Å²) in [6.45, 7) is 3.59. The SMILES string of the molecule is C[C@H](N)C(=O)N(OCCNCCc1ccc(O)c2c1sc(=O)n2CCc1cccc(F)c1)C1CCCCC1. The normalized spacial score (nSPS) is 15.1. The number of hydrogen-bond acceptors (Lipinski definition) is 7. The zero-order valence-electron chi connectivity index (χ0n) is 21.8. The van der Waals surface area contributed by atoms with Crippen molar-refractivity contribution >= 4 is 27.5 Å². The summed E-state index contributed by atoms with van der Waals surface area (Å²) in [5, 5.41) is 15.4. The van der Waals surface area contributed by atoms with E-state index in [9.17, 15) is 19.1 Å². The number of halogens is 1. The van der Waals surface area contributed by atoms with Crippen molar-refractivity contribution in [3.05, 3.63) is 63.0 Å². The van der Waals surface area contributed by atoms with E-state index in [-0.39, 0.29) is 28.4 Å². The van der Waals surface area contributed by atoms with Crippen LogP contribution in [0.1, 0.15) is 50.2 Å². The number of nitrogens with one attached hydrogen (secondary N) is 1. The van der Waals surface area contributed by atoms with Crippen molar-refractivity contribution in [2.45, 2.75) is 70.5 Å². The highest BCUT2D eigenvalue weighted by Gasteiger charge is 2.28. The Morgan fingerprint density at radius 3 is 2.76 bits per heavy atom. The molecule has 1 aromatic heterocycles. The number of nitrogens with zero attached hydrogens (tertiary/aromatic N) is 2. The van der Waals surface area contributed by atoms with Crippen LogP contribution in [0.3, 0.4) is 0 Å². The quantitative estimate of drug-likeness (QED) is 0.237. The topological polar surface area (TPSA) is 110 Å². The molecule has 2 aromatic carbocycles. The van der Waals surface area contributed by atoms with Gasteiger partial charge in [-0.2, -0.15) is 0 Å². The van der Waals surface area contributed by atoms with Crippen LogP contribution < -0.4 is 15.9 Å². The molecule has 0 spiro atoms. The average Bonchev–Trinajstić information content (AvgIpc) is 3.25. The lowest BCUT2D eigenvalue weighted by atomic mass is 9.95. The Morgan fingerprint density at radius 2 is 2.03 bits per heavy atom. The Kier molecular flexibility index (Phi) is 9.90. The molecule has 0 bridgehead atoms. The van der Waals surface area contributed by atoms with Crippen LogP contribution in [0.4, 0.5) is 4.39 Å². The highest BCUT2D eigenvalue weighted by atomic mass is 32.1. The Hall–Kier alpha value is -2.79. The molecule has 1 saturated carbocycles. The molecular weight excluding hydrogens is 507 g/mol. The number of aryl methyl sites for hydroxylation is 2. The van der Waals surface area contributed by atoms with Crippen molar-refractivity contribution in [1.29, 1.82) is 0 Å². The van der Waals surface area contributed by atoms with E-state index < -0.39 is 6.04 Å². The van der Waals surface area contributed by atoms with Crippen LogP contribution in [0.5, 0.6) is 5.75 Å². The summed E-state index contributed by atoms with van der Waals surface area (Å²) in [5.74, 6) is -0.431. The Morgan fingerprint density at radius 1 is 1.24 bits per heavy atom. The van der Waals surface area contributed by atoms with Crippen LogP contribution in [-0.2, 0) is 29.0 Å². The second-order valence-corrected chi connectivity index (χ2v) is 10.9. The van der Waals surface area contributed by atoms with Crippen molar-refractivity contribution in [3.8, 4) is 5.75 Å². The summed E-state index contributed by atoms with van der Waals surface area (Å²) in [6, 6.07) is 9.26. The Balaban J connectivity index is 1.32. The predicted octanol–water partition coefficient (Wildman–Crippen LogP) is 3.72. The smallest absolute Gasteiger partial charge is 0.308 e. The van der Waals surface area contributed by atoms with Crippen molar-refractivity contribution in [3.63, 3.8) is 0 Å². The van der Waals surface area contributed by atoms with Crippen LogP contribution >= 0.6 is 11.3 Å². The summed E-state index contributed by atoms with van der Waals surface area (Å²) in [4.78, 5) is 31.1. The number of thiazole rings is 1. The lowest BCUT2D eigenvalue weighted by Crippen LogP contribution is -2.48. The zero-order chi connectivity index (χ0) is 27.1. The number of phenolic OH excluding ortho intramolecular Hbond substituents is 1. The minimum Gasteiger partial charge on any atom is -0.506 e. The van der Waals surface area contributed by atoms with Gasteiger partial charge in [-0.05, 0) is 68.5 Å². The number of carbonyl (C=O) groups excluding carboxylic acids is 1. The Bertz CT molecular complexity index is 1290. The number of phenols is 1. The summed E-state index contributed by atoms with van der Waals surface area (Å²) < 4.78 is 15.9. The van der Waals surface area contributed by atoms with Gasteiger partial charge in [-0.15, -0.1) is 0 Å². The maximum Gasteiger partial charge on any atom is 0.308 e. The maximum atomic E-state index is 13.5. The van der Waals surface area contributed by atoms with Gasteiger partial charge in [0, 0.05) is 13.1 Å². The summed E-state index contributed by atoms with van der Waals surface area (Å²) >= 11 is 1.12. The monoisotopic (exact) mass is 544 g/mol. The maximum absolute atomic E-state index is 13.5. The van der Waals surface area contributed by atoms with Crippen LogP contribution in [0, 0.1) is 5.82 Å². The van der Waals surface area contributed by atoms with Gasteiger partial charge in [-0.25, -0.2) is 9.45 Å². The number of carbonyl (C=O) groups is 1. The minimum atomic E-state index is -0.602. The minimum absolute atomic E-state index is 0.0595. The van der Waals surface area contributed by atoms with Crippen LogP contribution in [0.25, 0.3) is 10.2 Å². The van der Waals surface area contributed by atoms with Gasteiger partial charge >= 0.3 is 4.87 Å². The standard InChI is InChI=1S/C28H37FN4O4S/c1-19(30)27(35)33(23-8-3-2-4-9-23)37-17-15-31-14-12-21-10-11-24(34)25-26(21)38-28(36)32(25)16-13-20-6-5-7-22(29)18-20/h5-7,10-11,18-19,23,31,34H,2-4,8-9,12-17,30H2,1H3/t19-/m0/s1. The summed E-state index contributed by atoms with van der Waals surface area (Å²) in [7, 11) is 0. The van der Waals surface area contributed by atoms with Gasteiger partial charge in [-0.3, -0.25) is 19.0 Å². The van der Waals surface area contributed by atoms with Gasteiger partial charge in [0.1, 0.15) is 17.1 Å². The molecule has 4 rings (SSSR count). The Labute approximate surface area is 226 Å². The number of hydroxylamine groups is 2. The fraction of sp³-hybridized carbons (Fsp3) is 0.500. The van der Waals surface area contributed by atoms with Gasteiger partial charge in [0.2, 0.25) is 0 Å². The molecule has 0 aliphatic heterocycles. The van der Waals surface area contributed by atoms with E-state index in [1.807, 2.05) is 12.1 Å². The van der Waals surface area contributed by atoms with Crippen molar-refractivity contribution in [2.24, 2.45) is 5.73 Å². The van der Waals surface area contributed by atoms with Crippen LogP contribution in [0.15, 0.2) is 41.2 Å². The third-order valence-electron chi connectivity index (χ3n) is 6.98. The number of aromatic nitrogens is 1. The van der Waals surface area contributed by atoms with Crippen molar-refractivity contribution in [1.82, 2.24) is 14.9 Å². The van der Waals surface area contributed by atoms with E-state index in [4.69, 9.17) is 10.6 Å². The lowest BCUT2D eigenvalue weighted by molar-refractivity contribution is -0.204. The van der Waals surface area contributed by atoms with Gasteiger partial charge in [0.25, 0.3) is 5.91 Å². The molecule has 10 heteroatoms. The number of rotatable bonds is 12. The molecule has 8 nitrogen and oxygen atoms in total. The van der Waals surface area contributed by atoms with E-state index in [0.717, 1.165) is 52.8 Å². The van der Waals surface area contributed by atoms with Crippen molar-refractivity contribution in [2.75, 3.05) is 19.7 Å². The molecule has 1 amide bonds. The average molecular weight is 545 g/mol. The van der Waals surface area contributed by atoms with E-state index >= 15 is 0 Å². The van der Waals surface area contributed by atoms with Gasteiger partial charge in [-0.1, -0.05) is 48.8 Å². The second-order valence-electron chi connectivity index (χ2n) is 9.90. The van der Waals surface area contributed by atoms with E-state index in [2.05, 4.69) is 5.32 Å². The fourth-order valence-corrected chi connectivity index (χ4v) is 6.05. The first-order chi connectivity index (χ1) is 18.3. The molecule has 0 unspecified atom stereocenters. The molecule has 38 heavy (non-hydrogen) atoms. The molecule has 4 N–H and O–H groups in total. The highest BCUT2D eigenvalue weighted by molar-refractivity contribution is 7.16. The molecule has 1 aliphatic carbocycles. The number of aromatic hydroxyl groups is 1. The summed E-state index contributed by atoms with van der Waals surface area (Å²) in [5.41, 5.74) is 8.12. The molecule has 3 aromatic rings. The van der Waals surface area contributed by atoms with E-state index in [0.29, 0.717) is 44.6 Å². The highest BCUT2D eigenvalue weighted by Crippen LogP contribution is 2.30. The number of benzene rings is 2. The first-order valence-corrected chi connectivity index (χ1v) is 14.2. The van der Waals surface area contributed by atoms with E-state index in [1.165, 1.54) is 23.6 Å². The van der Waals surface area contributed by atoms with E-state index in [1.54, 1.807) is 23.6 Å². The number of fused-ring (bicyclic) bond motifs is 1. The number of amides is 1. The summed E-state index contributed by atoms with van der Waals surface area (Å²) in [6.07, 6.45) is 6.39. The largest absolute Gasteiger partial charge is 0.506 e. The molecule has 1 fully saturated rings. The van der Waals surface area contributed by atoms with Crippen LogP contribution in [-0.4, -0.2) is 52.4 Å². The molecule has 0 saturated heterocycles. The molecule has 206 valence electrons. The first-order valence-electron chi connectivity index (χ1n) is 13.4. The third kappa shape index (κ3) is 6.99. The van der Waals surface area contributed by atoms with Crippen LogP contribution in [0.2, 0.25) is 0 Å². The first kappa shape index (κ1) is 28.2. The number of hydrogen-bond donors (Lipinski definition) is 3. The second kappa shape index (κ2) is 13.3. The fourth-order valence-electron chi connectivity index (χ4n) is 4.97. The lowest BCUT2D eigenvalue weighted by Gasteiger charge is -2.34. The molecule has 1 aliphatic rings. The predicted molar refractivity (Wildman–Crippen MR) is 148 cm³/mol. The van der Waals surface area contributed by atoms with Gasteiger partial charge < -0.3 is 16.2 Å². The van der Waals surface area contributed by atoms with Gasteiger partial charge in [0.05, 0.1) is 23.4 Å².